The lowest BCUT2D eigenvalue weighted by Crippen LogP contribution is -2.54. The molecule has 1 heterocycles. The van der Waals surface area contributed by atoms with Crippen molar-refractivity contribution in [1.82, 2.24) is 4.31 Å². The van der Waals surface area contributed by atoms with Crippen LogP contribution in [0.3, 0.4) is 0 Å². The van der Waals surface area contributed by atoms with Crippen molar-refractivity contribution in [3.05, 3.63) is 66.7 Å². The zero-order valence-corrected chi connectivity index (χ0v) is 20.7. The van der Waals surface area contributed by atoms with Gasteiger partial charge in [0.1, 0.15) is 11.8 Å². The normalized spacial score (nSPS) is 16.8. The summed E-state index contributed by atoms with van der Waals surface area (Å²) in [5, 5.41) is 1.65. The molecule has 1 aliphatic heterocycles. The van der Waals surface area contributed by atoms with Gasteiger partial charge in [0.05, 0.1) is 17.0 Å². The Morgan fingerprint density at radius 1 is 0.971 bits per heavy atom. The number of ether oxygens (including phenoxy) is 1. The number of anilines is 1. The highest BCUT2D eigenvalue weighted by molar-refractivity contribution is 7.89. The second kappa shape index (κ2) is 8.90. The molecule has 8 nitrogen and oxygen atoms in total. The van der Waals surface area contributed by atoms with Gasteiger partial charge in [-0.25, -0.2) is 13.3 Å². The van der Waals surface area contributed by atoms with Gasteiger partial charge in [-0.1, -0.05) is 30.3 Å². The molecule has 0 radical (unpaired) electrons. The standard InChI is InChI=1S/C26H26N2O6S/c1-17(29)34-21-12-10-20(11-13-21)27-24(30)16-23(25(27)31)28(26(2,3)4)35(32,33)22-14-9-18-7-5-6-8-19(18)15-22/h5-15,23H,16H2,1-4H3. The Bertz CT molecular complexity index is 1420. The highest BCUT2D eigenvalue weighted by Crippen LogP contribution is 2.35. The lowest BCUT2D eigenvalue weighted by Gasteiger charge is -2.37. The molecule has 0 saturated carbocycles. The fourth-order valence-corrected chi connectivity index (χ4v) is 6.30. The molecule has 1 saturated heterocycles. The van der Waals surface area contributed by atoms with Crippen molar-refractivity contribution >= 4 is 44.3 Å². The smallest absolute Gasteiger partial charge is 0.308 e. The van der Waals surface area contributed by atoms with Crippen LogP contribution in [0.1, 0.15) is 34.1 Å². The van der Waals surface area contributed by atoms with Gasteiger partial charge in [-0.2, -0.15) is 4.31 Å². The molecular formula is C26H26N2O6S. The third-order valence-corrected chi connectivity index (χ3v) is 7.87. The number of sulfonamides is 1. The van der Waals surface area contributed by atoms with Crippen LogP contribution in [-0.4, -0.2) is 42.1 Å². The van der Waals surface area contributed by atoms with E-state index in [2.05, 4.69) is 0 Å². The number of carbonyl (C=O) groups excluding carboxylic acids is 3. The molecule has 35 heavy (non-hydrogen) atoms. The van der Waals surface area contributed by atoms with Gasteiger partial charge in [0.25, 0.3) is 5.91 Å². The van der Waals surface area contributed by atoms with E-state index in [-0.39, 0.29) is 22.8 Å². The molecule has 182 valence electrons. The molecule has 0 aromatic heterocycles. The van der Waals surface area contributed by atoms with E-state index in [1.165, 1.54) is 37.3 Å². The molecule has 0 aliphatic carbocycles. The van der Waals surface area contributed by atoms with Crippen LogP contribution in [0.2, 0.25) is 0 Å². The van der Waals surface area contributed by atoms with Crippen LogP contribution in [0.25, 0.3) is 10.8 Å². The molecule has 3 aromatic carbocycles. The number of nitrogens with zero attached hydrogens (tertiary/aromatic N) is 2. The van der Waals surface area contributed by atoms with Crippen molar-refractivity contribution in [2.24, 2.45) is 0 Å². The highest BCUT2D eigenvalue weighted by atomic mass is 32.2. The predicted octanol–water partition coefficient (Wildman–Crippen LogP) is 3.89. The number of hydrogen-bond acceptors (Lipinski definition) is 6. The minimum absolute atomic E-state index is 0.0514. The summed E-state index contributed by atoms with van der Waals surface area (Å²) < 4.78 is 33.8. The quantitative estimate of drug-likeness (QED) is 0.303. The second-order valence-corrected chi connectivity index (χ2v) is 11.2. The molecule has 3 aromatic rings. The number of benzene rings is 3. The van der Waals surface area contributed by atoms with E-state index in [0.717, 1.165) is 20.0 Å². The summed E-state index contributed by atoms with van der Waals surface area (Å²) in [7, 11) is -4.14. The van der Waals surface area contributed by atoms with E-state index in [4.69, 9.17) is 4.74 Å². The molecule has 1 aliphatic rings. The van der Waals surface area contributed by atoms with Gasteiger partial charge in [-0.15, -0.1) is 0 Å². The molecule has 1 atom stereocenters. The molecule has 0 bridgehead atoms. The van der Waals surface area contributed by atoms with E-state index in [0.29, 0.717) is 0 Å². The van der Waals surface area contributed by atoms with Crippen molar-refractivity contribution in [2.45, 2.75) is 50.6 Å². The largest absolute Gasteiger partial charge is 0.427 e. The Kier molecular flexibility index (Phi) is 6.25. The maximum atomic E-state index is 13.8. The number of carbonyl (C=O) groups is 3. The Morgan fingerprint density at radius 2 is 1.60 bits per heavy atom. The third kappa shape index (κ3) is 4.69. The number of amides is 2. The van der Waals surface area contributed by atoms with E-state index < -0.39 is 39.4 Å². The second-order valence-electron chi connectivity index (χ2n) is 9.36. The lowest BCUT2D eigenvalue weighted by molar-refractivity contribution is -0.132. The molecule has 1 unspecified atom stereocenters. The van der Waals surface area contributed by atoms with Crippen LogP contribution >= 0.6 is 0 Å². The highest BCUT2D eigenvalue weighted by Gasteiger charge is 2.50. The molecule has 9 heteroatoms. The van der Waals surface area contributed by atoms with Gasteiger partial charge >= 0.3 is 5.97 Å². The van der Waals surface area contributed by atoms with E-state index in [1.807, 2.05) is 24.3 Å². The molecule has 0 spiro atoms. The van der Waals surface area contributed by atoms with Crippen molar-refractivity contribution in [1.29, 1.82) is 0 Å². The number of hydrogen-bond donors (Lipinski definition) is 0. The number of esters is 1. The summed E-state index contributed by atoms with van der Waals surface area (Å²) in [5.74, 6) is -1.37. The van der Waals surface area contributed by atoms with E-state index in [9.17, 15) is 22.8 Å². The molecule has 1 fully saturated rings. The number of fused-ring (bicyclic) bond motifs is 1. The Labute approximate surface area is 204 Å². The zero-order chi connectivity index (χ0) is 25.5. The van der Waals surface area contributed by atoms with Crippen molar-refractivity contribution in [3.63, 3.8) is 0 Å². The first kappa shape index (κ1) is 24.6. The average molecular weight is 495 g/mol. The summed E-state index contributed by atoms with van der Waals surface area (Å²) in [6, 6.07) is 16.9. The average Bonchev–Trinajstić information content (AvgIpc) is 3.05. The molecule has 2 amide bonds. The number of rotatable bonds is 5. The van der Waals surface area contributed by atoms with Crippen LogP contribution in [0.5, 0.6) is 5.75 Å². The first-order valence-corrected chi connectivity index (χ1v) is 12.5. The first-order chi connectivity index (χ1) is 16.4. The van der Waals surface area contributed by atoms with Crippen molar-refractivity contribution < 1.29 is 27.5 Å². The molecule has 0 N–H and O–H groups in total. The fourth-order valence-electron chi connectivity index (χ4n) is 4.34. The summed E-state index contributed by atoms with van der Waals surface area (Å²) >= 11 is 0. The van der Waals surface area contributed by atoms with E-state index in [1.54, 1.807) is 32.9 Å². The van der Waals surface area contributed by atoms with Crippen LogP contribution in [-0.2, 0) is 24.4 Å². The Morgan fingerprint density at radius 3 is 2.20 bits per heavy atom. The predicted molar refractivity (Wildman–Crippen MR) is 131 cm³/mol. The fraction of sp³-hybridized carbons (Fsp3) is 0.269. The molecule has 4 rings (SSSR count). The van der Waals surface area contributed by atoms with Gasteiger partial charge in [-0.3, -0.25) is 14.4 Å². The summed E-state index contributed by atoms with van der Waals surface area (Å²) in [6.45, 7) is 6.35. The van der Waals surface area contributed by atoms with Gasteiger partial charge in [0, 0.05) is 12.5 Å². The van der Waals surface area contributed by atoms with Crippen molar-refractivity contribution in [3.8, 4) is 5.75 Å². The van der Waals surface area contributed by atoms with Gasteiger partial charge in [0.2, 0.25) is 15.9 Å². The third-order valence-electron chi connectivity index (χ3n) is 5.70. The topological polar surface area (TPSA) is 101 Å². The monoisotopic (exact) mass is 494 g/mol. The van der Waals surface area contributed by atoms with Crippen LogP contribution in [0.15, 0.2) is 71.6 Å². The minimum Gasteiger partial charge on any atom is -0.427 e. The maximum Gasteiger partial charge on any atom is 0.308 e. The Hall–Kier alpha value is -3.56. The van der Waals surface area contributed by atoms with Crippen LogP contribution in [0, 0.1) is 0 Å². The Balaban J connectivity index is 1.71. The van der Waals surface area contributed by atoms with Crippen LogP contribution < -0.4 is 9.64 Å². The first-order valence-electron chi connectivity index (χ1n) is 11.1. The minimum atomic E-state index is -4.14. The summed E-state index contributed by atoms with van der Waals surface area (Å²) in [5.41, 5.74) is -0.712. The van der Waals surface area contributed by atoms with Crippen LogP contribution in [0.4, 0.5) is 5.69 Å². The van der Waals surface area contributed by atoms with E-state index >= 15 is 0 Å². The number of imide groups is 1. The van der Waals surface area contributed by atoms with Gasteiger partial charge in [0.15, 0.2) is 0 Å². The van der Waals surface area contributed by atoms with Gasteiger partial charge < -0.3 is 4.74 Å². The maximum absolute atomic E-state index is 13.8. The summed E-state index contributed by atoms with van der Waals surface area (Å²) in [4.78, 5) is 38.6. The van der Waals surface area contributed by atoms with Gasteiger partial charge in [-0.05, 0) is 67.9 Å². The SMILES string of the molecule is CC(=O)Oc1ccc(N2C(=O)CC(N(C(C)(C)C)S(=O)(=O)c3ccc4ccccc4c3)C2=O)cc1. The lowest BCUT2D eigenvalue weighted by atomic mass is 10.1. The summed E-state index contributed by atoms with van der Waals surface area (Å²) in [6.07, 6.45) is -0.283. The zero-order valence-electron chi connectivity index (χ0n) is 19.9. The van der Waals surface area contributed by atoms with Crippen molar-refractivity contribution in [2.75, 3.05) is 4.90 Å². The molecular weight excluding hydrogens is 468 g/mol.